The smallest absolute Gasteiger partial charge is 0.136 e. The van der Waals surface area contributed by atoms with Gasteiger partial charge in [-0.2, -0.15) is 5.10 Å². The van der Waals surface area contributed by atoms with Gasteiger partial charge in [0.05, 0.1) is 18.7 Å². The predicted octanol–water partition coefficient (Wildman–Crippen LogP) is 2.45. The predicted molar refractivity (Wildman–Crippen MR) is 73.9 cm³/mol. The van der Waals surface area contributed by atoms with Gasteiger partial charge in [0.1, 0.15) is 23.0 Å². The molecule has 0 unspecified atom stereocenters. The highest BCUT2D eigenvalue weighted by molar-refractivity contribution is 9.10. The Morgan fingerprint density at radius 2 is 2.00 bits per heavy atom. The first-order chi connectivity index (χ1) is 8.58. The number of hydrogen-bond donors (Lipinski definition) is 1. The van der Waals surface area contributed by atoms with Crippen molar-refractivity contribution in [1.82, 2.24) is 9.78 Å². The van der Waals surface area contributed by atoms with Crippen molar-refractivity contribution in [2.75, 3.05) is 20.0 Å². The second kappa shape index (κ2) is 4.89. The third-order valence-corrected chi connectivity index (χ3v) is 3.47. The molecule has 0 spiro atoms. The fourth-order valence-corrected chi connectivity index (χ4v) is 2.23. The van der Waals surface area contributed by atoms with Gasteiger partial charge in [-0.25, -0.2) is 0 Å². The fraction of sp³-hybridized carbons (Fsp3) is 0.250. The number of nitrogens with two attached hydrogens (primary N) is 1. The van der Waals surface area contributed by atoms with Crippen LogP contribution in [0.4, 0.5) is 5.82 Å². The molecule has 18 heavy (non-hydrogen) atoms. The Hall–Kier alpha value is -1.69. The molecule has 0 aliphatic carbocycles. The van der Waals surface area contributed by atoms with Crippen LogP contribution in [0.25, 0.3) is 11.3 Å². The van der Waals surface area contributed by atoms with Gasteiger partial charge in [-0.05, 0) is 34.1 Å². The van der Waals surface area contributed by atoms with Gasteiger partial charge in [-0.3, -0.25) is 4.68 Å². The molecule has 0 aliphatic heterocycles. The van der Waals surface area contributed by atoms with Gasteiger partial charge in [0.2, 0.25) is 0 Å². The van der Waals surface area contributed by atoms with E-state index in [1.54, 1.807) is 25.9 Å². The van der Waals surface area contributed by atoms with Crippen LogP contribution >= 0.6 is 15.9 Å². The molecule has 0 amide bonds. The Balaban J connectivity index is 2.64. The lowest BCUT2D eigenvalue weighted by molar-refractivity contribution is 0.404. The minimum atomic E-state index is 0.565. The number of nitrogens with zero attached hydrogens (tertiary/aromatic N) is 2. The first-order valence-electron chi connectivity index (χ1n) is 5.28. The van der Waals surface area contributed by atoms with Gasteiger partial charge in [-0.15, -0.1) is 0 Å². The number of hydrogen-bond acceptors (Lipinski definition) is 4. The molecule has 96 valence electrons. The molecule has 0 radical (unpaired) electrons. The number of ether oxygens (including phenoxy) is 2. The third kappa shape index (κ3) is 2.03. The van der Waals surface area contributed by atoms with Crippen LogP contribution in [0.5, 0.6) is 11.5 Å². The maximum atomic E-state index is 5.88. The van der Waals surface area contributed by atoms with E-state index in [1.165, 1.54) is 0 Å². The second-order valence-electron chi connectivity index (χ2n) is 3.74. The van der Waals surface area contributed by atoms with E-state index in [1.807, 2.05) is 18.2 Å². The molecule has 0 atom stereocenters. The van der Waals surface area contributed by atoms with Crippen molar-refractivity contribution >= 4 is 21.7 Å². The van der Waals surface area contributed by atoms with Crippen LogP contribution in [0.15, 0.2) is 22.7 Å². The molecule has 5 nitrogen and oxygen atoms in total. The van der Waals surface area contributed by atoms with Crippen molar-refractivity contribution in [3.8, 4) is 22.8 Å². The Morgan fingerprint density at radius 1 is 1.28 bits per heavy atom. The summed E-state index contributed by atoms with van der Waals surface area (Å²) in [4.78, 5) is 0. The number of rotatable bonds is 3. The highest BCUT2D eigenvalue weighted by Gasteiger charge is 2.17. The van der Waals surface area contributed by atoms with Crippen LogP contribution in [0.2, 0.25) is 0 Å². The van der Waals surface area contributed by atoms with Gasteiger partial charge in [0.15, 0.2) is 0 Å². The average Bonchev–Trinajstić information content (AvgIpc) is 2.65. The first-order valence-corrected chi connectivity index (χ1v) is 6.08. The summed E-state index contributed by atoms with van der Waals surface area (Å²) in [5, 5.41) is 4.37. The Morgan fingerprint density at radius 3 is 2.50 bits per heavy atom. The molecule has 1 heterocycles. The van der Waals surface area contributed by atoms with Gasteiger partial charge < -0.3 is 15.2 Å². The van der Waals surface area contributed by atoms with E-state index in [-0.39, 0.29) is 0 Å². The number of benzene rings is 1. The normalized spacial score (nSPS) is 10.4. The minimum Gasteiger partial charge on any atom is -0.497 e. The summed E-state index contributed by atoms with van der Waals surface area (Å²) >= 11 is 3.44. The van der Waals surface area contributed by atoms with E-state index in [0.29, 0.717) is 5.82 Å². The highest BCUT2D eigenvalue weighted by atomic mass is 79.9. The number of nitrogen functional groups attached to an aromatic ring is 1. The van der Waals surface area contributed by atoms with Gasteiger partial charge in [0, 0.05) is 12.6 Å². The van der Waals surface area contributed by atoms with Crippen LogP contribution in [-0.4, -0.2) is 24.0 Å². The van der Waals surface area contributed by atoms with Crippen molar-refractivity contribution in [2.24, 2.45) is 7.05 Å². The molecular weight excluding hydrogens is 298 g/mol. The number of methoxy groups -OCH3 is 2. The molecule has 0 fully saturated rings. The minimum absolute atomic E-state index is 0.565. The van der Waals surface area contributed by atoms with E-state index in [2.05, 4.69) is 21.0 Å². The van der Waals surface area contributed by atoms with Crippen LogP contribution in [-0.2, 0) is 7.05 Å². The maximum absolute atomic E-state index is 5.88. The summed E-state index contributed by atoms with van der Waals surface area (Å²) in [6, 6.07) is 5.54. The fourth-order valence-electron chi connectivity index (χ4n) is 1.68. The van der Waals surface area contributed by atoms with Gasteiger partial charge in [0.25, 0.3) is 0 Å². The summed E-state index contributed by atoms with van der Waals surface area (Å²) in [6.07, 6.45) is 0. The number of aryl methyl sites for hydroxylation is 1. The van der Waals surface area contributed by atoms with Crippen molar-refractivity contribution in [1.29, 1.82) is 0 Å². The van der Waals surface area contributed by atoms with Crippen LogP contribution in [0.3, 0.4) is 0 Å². The van der Waals surface area contributed by atoms with Crippen LogP contribution < -0.4 is 15.2 Å². The summed E-state index contributed by atoms with van der Waals surface area (Å²) in [5.41, 5.74) is 7.44. The monoisotopic (exact) mass is 311 g/mol. The van der Waals surface area contributed by atoms with E-state index in [0.717, 1.165) is 27.2 Å². The molecule has 0 bridgehead atoms. The zero-order chi connectivity index (χ0) is 13.3. The van der Waals surface area contributed by atoms with Crippen LogP contribution in [0, 0.1) is 0 Å². The SMILES string of the molecule is COc1ccc(OC)c(-c2nn(C)c(N)c2Br)c1. The molecule has 0 saturated carbocycles. The summed E-state index contributed by atoms with van der Waals surface area (Å²) in [7, 11) is 5.02. The van der Waals surface area contributed by atoms with Crippen molar-refractivity contribution in [2.45, 2.75) is 0 Å². The zero-order valence-corrected chi connectivity index (χ0v) is 12.0. The van der Waals surface area contributed by atoms with Crippen molar-refractivity contribution < 1.29 is 9.47 Å². The standard InChI is InChI=1S/C12H14BrN3O2/c1-16-12(14)10(13)11(15-16)8-6-7(17-2)4-5-9(8)18-3/h4-6H,14H2,1-3H3. The number of halogens is 1. The highest BCUT2D eigenvalue weighted by Crippen LogP contribution is 2.38. The van der Waals surface area contributed by atoms with Gasteiger partial charge in [-0.1, -0.05) is 0 Å². The van der Waals surface area contributed by atoms with E-state index in [9.17, 15) is 0 Å². The van der Waals surface area contributed by atoms with Crippen molar-refractivity contribution in [3.05, 3.63) is 22.7 Å². The molecule has 2 aromatic rings. The van der Waals surface area contributed by atoms with E-state index < -0.39 is 0 Å². The van der Waals surface area contributed by atoms with Crippen molar-refractivity contribution in [3.63, 3.8) is 0 Å². The molecule has 0 saturated heterocycles. The lowest BCUT2D eigenvalue weighted by Crippen LogP contribution is -1.97. The molecule has 1 aromatic carbocycles. The summed E-state index contributed by atoms with van der Waals surface area (Å²) < 4.78 is 12.9. The quantitative estimate of drug-likeness (QED) is 0.945. The average molecular weight is 312 g/mol. The summed E-state index contributed by atoms with van der Waals surface area (Å²) in [6.45, 7) is 0. The lowest BCUT2D eigenvalue weighted by atomic mass is 10.1. The van der Waals surface area contributed by atoms with Crippen LogP contribution in [0.1, 0.15) is 0 Å². The molecule has 2 rings (SSSR count). The largest absolute Gasteiger partial charge is 0.497 e. The van der Waals surface area contributed by atoms with E-state index in [4.69, 9.17) is 15.2 Å². The molecule has 1 aromatic heterocycles. The molecule has 6 heteroatoms. The first kappa shape index (κ1) is 12.8. The zero-order valence-electron chi connectivity index (χ0n) is 10.4. The molecular formula is C12H14BrN3O2. The molecule has 2 N–H and O–H groups in total. The molecule has 0 aliphatic rings. The van der Waals surface area contributed by atoms with E-state index >= 15 is 0 Å². The number of anilines is 1. The van der Waals surface area contributed by atoms with Gasteiger partial charge >= 0.3 is 0 Å². The third-order valence-electron chi connectivity index (χ3n) is 2.69. The number of aromatic nitrogens is 2. The topological polar surface area (TPSA) is 62.3 Å². The Kier molecular flexibility index (Phi) is 3.47. The lowest BCUT2D eigenvalue weighted by Gasteiger charge is -2.08. The Bertz CT molecular complexity index is 581. The summed E-state index contributed by atoms with van der Waals surface area (Å²) in [5.74, 6) is 2.02. The second-order valence-corrected chi connectivity index (χ2v) is 4.53. The Labute approximate surface area is 114 Å². The maximum Gasteiger partial charge on any atom is 0.136 e.